The highest BCUT2D eigenvalue weighted by Gasteiger charge is 2.29. The minimum absolute atomic E-state index is 0.0862. The van der Waals surface area contributed by atoms with Crippen LogP contribution in [-0.4, -0.2) is 36.4 Å². The van der Waals surface area contributed by atoms with Gasteiger partial charge < -0.3 is 5.11 Å². The zero-order chi connectivity index (χ0) is 15.5. The summed E-state index contributed by atoms with van der Waals surface area (Å²) in [5.74, 6) is -2.08. The molecule has 0 aromatic heterocycles. The smallest absolute Gasteiger partial charge is 0.304 e. The normalized spacial score (nSPS) is 12.1. The van der Waals surface area contributed by atoms with Crippen molar-refractivity contribution in [2.45, 2.75) is 31.2 Å². The number of rotatable bonds is 6. The number of aliphatic carboxylic acids is 1. The molecule has 1 N–H and O–H groups in total. The first-order valence-electron chi connectivity index (χ1n) is 5.85. The Balaban J connectivity index is 3.19. The Morgan fingerprint density at radius 2 is 2.05 bits per heavy atom. The maximum atomic E-state index is 13.8. The van der Waals surface area contributed by atoms with Crippen LogP contribution in [0.4, 0.5) is 4.39 Å². The van der Waals surface area contributed by atoms with E-state index in [4.69, 9.17) is 16.7 Å². The Labute approximate surface area is 122 Å². The van der Waals surface area contributed by atoms with Crippen molar-refractivity contribution in [3.05, 3.63) is 29.0 Å². The molecule has 0 atom stereocenters. The SMILES string of the molecule is CC(C)N(CCC(=O)O)S(=O)(=O)c1ccc(Cl)cc1F. The van der Waals surface area contributed by atoms with Crippen LogP contribution in [0.5, 0.6) is 0 Å². The Hall–Kier alpha value is -1.18. The van der Waals surface area contributed by atoms with Gasteiger partial charge in [-0.3, -0.25) is 4.79 Å². The van der Waals surface area contributed by atoms with Gasteiger partial charge in [0.1, 0.15) is 10.7 Å². The van der Waals surface area contributed by atoms with E-state index in [9.17, 15) is 17.6 Å². The molecule has 20 heavy (non-hydrogen) atoms. The molecule has 112 valence electrons. The lowest BCUT2D eigenvalue weighted by Crippen LogP contribution is -2.38. The van der Waals surface area contributed by atoms with Gasteiger partial charge in [0.25, 0.3) is 0 Å². The standard InChI is InChI=1S/C12H15ClFNO4S/c1-8(2)15(6-5-12(16)17)20(18,19)11-4-3-9(13)7-10(11)14/h3-4,7-8H,5-6H2,1-2H3,(H,16,17). The average molecular weight is 324 g/mol. The van der Waals surface area contributed by atoms with Crippen molar-refractivity contribution in [3.8, 4) is 0 Å². The number of sulfonamides is 1. The molecule has 1 aromatic rings. The maximum absolute atomic E-state index is 13.8. The van der Waals surface area contributed by atoms with Gasteiger partial charge in [0.15, 0.2) is 0 Å². The van der Waals surface area contributed by atoms with Crippen LogP contribution in [-0.2, 0) is 14.8 Å². The van der Waals surface area contributed by atoms with Crippen molar-refractivity contribution < 1.29 is 22.7 Å². The number of carboxylic acid groups (broad SMARTS) is 1. The zero-order valence-electron chi connectivity index (χ0n) is 11.0. The number of hydrogen-bond donors (Lipinski definition) is 1. The fourth-order valence-corrected chi connectivity index (χ4v) is 3.52. The van der Waals surface area contributed by atoms with E-state index in [1.54, 1.807) is 13.8 Å². The third-order valence-corrected chi connectivity index (χ3v) is 4.95. The summed E-state index contributed by atoms with van der Waals surface area (Å²) in [7, 11) is -4.11. The van der Waals surface area contributed by atoms with Gasteiger partial charge in [-0.25, -0.2) is 12.8 Å². The number of benzene rings is 1. The second kappa shape index (κ2) is 6.51. The molecule has 1 aromatic carbocycles. The summed E-state index contributed by atoms with van der Waals surface area (Å²) in [6, 6.07) is 2.76. The van der Waals surface area contributed by atoms with E-state index in [2.05, 4.69) is 0 Å². The summed E-state index contributed by atoms with van der Waals surface area (Å²) < 4.78 is 39.5. The van der Waals surface area contributed by atoms with E-state index < -0.39 is 32.7 Å². The van der Waals surface area contributed by atoms with E-state index in [-0.39, 0.29) is 18.0 Å². The highest BCUT2D eigenvalue weighted by atomic mass is 35.5. The molecule has 8 heteroatoms. The highest BCUT2D eigenvalue weighted by molar-refractivity contribution is 7.89. The van der Waals surface area contributed by atoms with Gasteiger partial charge in [-0.15, -0.1) is 0 Å². The molecule has 5 nitrogen and oxygen atoms in total. The molecule has 0 saturated heterocycles. The third kappa shape index (κ3) is 3.91. The summed E-state index contributed by atoms with van der Waals surface area (Å²) in [4.78, 5) is 10.1. The van der Waals surface area contributed by atoms with Crippen molar-refractivity contribution in [1.82, 2.24) is 4.31 Å². The zero-order valence-corrected chi connectivity index (χ0v) is 12.6. The molecule has 1 rings (SSSR count). The maximum Gasteiger partial charge on any atom is 0.304 e. The number of halogens is 2. The second-order valence-electron chi connectivity index (χ2n) is 4.43. The number of nitrogens with zero attached hydrogens (tertiary/aromatic N) is 1. The van der Waals surface area contributed by atoms with E-state index in [1.165, 1.54) is 6.07 Å². The molecular formula is C12H15ClFNO4S. The van der Waals surface area contributed by atoms with Crippen LogP contribution < -0.4 is 0 Å². The lowest BCUT2D eigenvalue weighted by molar-refractivity contribution is -0.137. The highest BCUT2D eigenvalue weighted by Crippen LogP contribution is 2.24. The fourth-order valence-electron chi connectivity index (χ4n) is 1.67. The summed E-state index contributed by atoms with van der Waals surface area (Å²) in [5, 5.41) is 8.74. The van der Waals surface area contributed by atoms with Gasteiger partial charge >= 0.3 is 5.97 Å². The Morgan fingerprint density at radius 3 is 2.50 bits per heavy atom. The van der Waals surface area contributed by atoms with Gasteiger partial charge in [-0.1, -0.05) is 11.6 Å². The minimum Gasteiger partial charge on any atom is -0.481 e. The number of carboxylic acids is 1. The third-order valence-electron chi connectivity index (χ3n) is 2.60. The van der Waals surface area contributed by atoms with Crippen molar-refractivity contribution in [2.24, 2.45) is 0 Å². The quantitative estimate of drug-likeness (QED) is 0.872. The van der Waals surface area contributed by atoms with Crippen LogP contribution in [0.3, 0.4) is 0 Å². The van der Waals surface area contributed by atoms with Gasteiger partial charge in [0, 0.05) is 17.6 Å². The first kappa shape index (κ1) is 16.9. The molecule has 0 aliphatic heterocycles. The predicted octanol–water partition coefficient (Wildman–Crippen LogP) is 2.35. The average Bonchev–Trinajstić information content (AvgIpc) is 2.26. The van der Waals surface area contributed by atoms with Crippen molar-refractivity contribution >= 4 is 27.6 Å². The second-order valence-corrected chi connectivity index (χ2v) is 6.72. The van der Waals surface area contributed by atoms with Crippen LogP contribution in [0.2, 0.25) is 5.02 Å². The Morgan fingerprint density at radius 1 is 1.45 bits per heavy atom. The largest absolute Gasteiger partial charge is 0.481 e. The van der Waals surface area contributed by atoms with E-state index in [0.717, 1.165) is 16.4 Å². The first-order chi connectivity index (χ1) is 9.16. The van der Waals surface area contributed by atoms with Crippen LogP contribution >= 0.6 is 11.6 Å². The fraction of sp³-hybridized carbons (Fsp3) is 0.417. The van der Waals surface area contributed by atoms with E-state index in [1.807, 2.05) is 0 Å². The van der Waals surface area contributed by atoms with Gasteiger partial charge in [0.05, 0.1) is 6.42 Å². The van der Waals surface area contributed by atoms with Gasteiger partial charge in [0.2, 0.25) is 10.0 Å². The topological polar surface area (TPSA) is 74.7 Å². The lowest BCUT2D eigenvalue weighted by atomic mass is 10.3. The molecule has 0 amide bonds. The van der Waals surface area contributed by atoms with E-state index in [0.29, 0.717) is 0 Å². The van der Waals surface area contributed by atoms with Crippen LogP contribution in [0.25, 0.3) is 0 Å². The minimum atomic E-state index is -4.11. The number of hydrogen-bond acceptors (Lipinski definition) is 3. The number of carbonyl (C=O) groups is 1. The molecule has 0 bridgehead atoms. The summed E-state index contributed by atoms with van der Waals surface area (Å²) in [6.45, 7) is 2.96. The molecule has 0 aliphatic rings. The summed E-state index contributed by atoms with van der Waals surface area (Å²) >= 11 is 5.59. The van der Waals surface area contributed by atoms with Crippen LogP contribution in [0, 0.1) is 5.82 Å². The van der Waals surface area contributed by atoms with Gasteiger partial charge in [-0.2, -0.15) is 4.31 Å². The van der Waals surface area contributed by atoms with Crippen molar-refractivity contribution in [2.75, 3.05) is 6.54 Å². The van der Waals surface area contributed by atoms with E-state index >= 15 is 0 Å². The monoisotopic (exact) mass is 323 g/mol. The Kier molecular flexibility index (Phi) is 5.50. The van der Waals surface area contributed by atoms with Crippen molar-refractivity contribution in [3.63, 3.8) is 0 Å². The van der Waals surface area contributed by atoms with Gasteiger partial charge in [-0.05, 0) is 32.0 Å². The molecule has 0 radical (unpaired) electrons. The summed E-state index contributed by atoms with van der Waals surface area (Å²) in [6.07, 6.45) is -0.355. The first-order valence-corrected chi connectivity index (χ1v) is 7.66. The molecule has 0 aliphatic carbocycles. The molecule has 0 heterocycles. The van der Waals surface area contributed by atoms with Crippen molar-refractivity contribution in [1.29, 1.82) is 0 Å². The molecule has 0 unspecified atom stereocenters. The molecular weight excluding hydrogens is 309 g/mol. The Bertz CT molecular complexity index is 603. The van der Waals surface area contributed by atoms with Crippen LogP contribution in [0.15, 0.2) is 23.1 Å². The molecule has 0 spiro atoms. The lowest BCUT2D eigenvalue weighted by Gasteiger charge is -2.25. The molecule has 0 saturated carbocycles. The summed E-state index contributed by atoms with van der Waals surface area (Å²) in [5.41, 5.74) is 0. The predicted molar refractivity (Wildman–Crippen MR) is 72.7 cm³/mol. The molecule has 0 fully saturated rings. The van der Waals surface area contributed by atoms with Crippen LogP contribution in [0.1, 0.15) is 20.3 Å².